The first kappa shape index (κ1) is 14.1. The third-order valence-corrected chi connectivity index (χ3v) is 2.82. The molecule has 0 fully saturated rings. The summed E-state index contributed by atoms with van der Waals surface area (Å²) in [5, 5.41) is 11.2. The number of anilines is 2. The lowest BCUT2D eigenvalue weighted by molar-refractivity contribution is 0.870. The van der Waals surface area contributed by atoms with Crippen LogP contribution in [0.5, 0.6) is 0 Å². The summed E-state index contributed by atoms with van der Waals surface area (Å²) < 4.78 is 0. The smallest absolute Gasteiger partial charge is 0.243 e. The molecule has 2 rings (SSSR count). The lowest BCUT2D eigenvalue weighted by Crippen LogP contribution is -2.15. The van der Waals surface area contributed by atoms with Gasteiger partial charge in [-0.25, -0.2) is 15.0 Å². The van der Waals surface area contributed by atoms with Crippen LogP contribution in [0.3, 0.4) is 0 Å². The maximum Gasteiger partial charge on any atom is 0.243 e. The van der Waals surface area contributed by atoms with Crippen LogP contribution in [-0.4, -0.2) is 39.2 Å². The van der Waals surface area contributed by atoms with Crippen molar-refractivity contribution in [2.24, 2.45) is 0 Å². The van der Waals surface area contributed by atoms with E-state index in [-0.39, 0.29) is 0 Å². The fourth-order valence-electron chi connectivity index (χ4n) is 1.61. The molecule has 0 aliphatic heterocycles. The third-order valence-electron chi connectivity index (χ3n) is 2.82. The number of nitrogens with one attached hydrogen (secondary N) is 1. The van der Waals surface area contributed by atoms with Crippen LogP contribution >= 0.6 is 0 Å². The van der Waals surface area contributed by atoms with E-state index in [2.05, 4.69) is 30.5 Å². The number of aromatic nitrogens is 5. The van der Waals surface area contributed by atoms with E-state index >= 15 is 0 Å². The van der Waals surface area contributed by atoms with E-state index in [4.69, 9.17) is 0 Å². The first-order chi connectivity index (χ1) is 9.45. The lowest BCUT2D eigenvalue weighted by Gasteiger charge is -2.12. The van der Waals surface area contributed by atoms with Gasteiger partial charge in [-0.15, -0.1) is 5.10 Å². The molecule has 0 aliphatic rings. The van der Waals surface area contributed by atoms with Crippen molar-refractivity contribution in [3.05, 3.63) is 28.8 Å². The molecule has 20 heavy (non-hydrogen) atoms. The van der Waals surface area contributed by atoms with E-state index in [1.807, 2.05) is 45.8 Å². The standard InChI is InChI=1S/C13H19N7/c1-8-6-11(17-13(15-8)20(4)5)7-14-12-16-9(2)10(3)18-19-12/h6H,7H2,1-5H3,(H,14,16,19). The van der Waals surface area contributed by atoms with E-state index in [1.54, 1.807) is 0 Å². The molecule has 1 N–H and O–H groups in total. The van der Waals surface area contributed by atoms with Crippen molar-refractivity contribution >= 4 is 11.9 Å². The monoisotopic (exact) mass is 273 g/mol. The number of nitrogens with zero attached hydrogens (tertiary/aromatic N) is 6. The van der Waals surface area contributed by atoms with Crippen molar-refractivity contribution in [1.29, 1.82) is 0 Å². The van der Waals surface area contributed by atoms with Gasteiger partial charge in [-0.1, -0.05) is 0 Å². The van der Waals surface area contributed by atoms with Gasteiger partial charge < -0.3 is 10.2 Å². The predicted molar refractivity (Wildman–Crippen MR) is 77.7 cm³/mol. The van der Waals surface area contributed by atoms with Gasteiger partial charge in [0, 0.05) is 19.8 Å². The predicted octanol–water partition coefficient (Wildman–Crippen LogP) is 1.26. The molecule has 7 nitrogen and oxygen atoms in total. The van der Waals surface area contributed by atoms with Crippen LogP contribution in [0.15, 0.2) is 6.07 Å². The van der Waals surface area contributed by atoms with Gasteiger partial charge in [-0.2, -0.15) is 5.10 Å². The van der Waals surface area contributed by atoms with Gasteiger partial charge in [-0.05, 0) is 26.8 Å². The van der Waals surface area contributed by atoms with Crippen LogP contribution in [-0.2, 0) is 6.54 Å². The minimum absolute atomic E-state index is 0.510. The zero-order chi connectivity index (χ0) is 14.7. The average molecular weight is 273 g/mol. The summed E-state index contributed by atoms with van der Waals surface area (Å²) in [6.45, 7) is 6.28. The van der Waals surface area contributed by atoms with Crippen LogP contribution in [0.4, 0.5) is 11.9 Å². The Morgan fingerprint density at radius 1 is 1.00 bits per heavy atom. The molecule has 2 aromatic heterocycles. The van der Waals surface area contributed by atoms with Crippen LogP contribution in [0.25, 0.3) is 0 Å². The van der Waals surface area contributed by atoms with Gasteiger partial charge in [0.25, 0.3) is 0 Å². The van der Waals surface area contributed by atoms with Crippen molar-refractivity contribution < 1.29 is 0 Å². The van der Waals surface area contributed by atoms with E-state index in [9.17, 15) is 0 Å². The minimum Gasteiger partial charge on any atom is -0.347 e. The quantitative estimate of drug-likeness (QED) is 0.898. The molecule has 0 aliphatic carbocycles. The summed E-state index contributed by atoms with van der Waals surface area (Å²) in [7, 11) is 3.84. The zero-order valence-corrected chi connectivity index (χ0v) is 12.5. The van der Waals surface area contributed by atoms with Gasteiger partial charge in [0.15, 0.2) is 0 Å². The van der Waals surface area contributed by atoms with Gasteiger partial charge >= 0.3 is 0 Å². The molecular weight excluding hydrogens is 254 g/mol. The molecule has 106 valence electrons. The average Bonchev–Trinajstić information content (AvgIpc) is 2.39. The largest absolute Gasteiger partial charge is 0.347 e. The molecule has 0 unspecified atom stereocenters. The van der Waals surface area contributed by atoms with Crippen molar-refractivity contribution in [3.8, 4) is 0 Å². The molecule has 2 aromatic rings. The van der Waals surface area contributed by atoms with Crippen molar-refractivity contribution in [3.63, 3.8) is 0 Å². The molecule has 0 atom stereocenters. The van der Waals surface area contributed by atoms with Crippen LogP contribution in [0.2, 0.25) is 0 Å². The summed E-state index contributed by atoms with van der Waals surface area (Å²) >= 11 is 0. The molecule has 0 saturated carbocycles. The van der Waals surface area contributed by atoms with Gasteiger partial charge in [0.1, 0.15) is 0 Å². The molecule has 0 bridgehead atoms. The Bertz CT molecular complexity index is 610. The molecule has 0 saturated heterocycles. The molecule has 0 amide bonds. The minimum atomic E-state index is 0.510. The number of rotatable bonds is 4. The van der Waals surface area contributed by atoms with E-state index in [0.717, 1.165) is 22.8 Å². The highest BCUT2D eigenvalue weighted by atomic mass is 15.2. The first-order valence-corrected chi connectivity index (χ1v) is 6.39. The SMILES string of the molecule is Cc1cc(CNc2nnc(C)c(C)n2)nc(N(C)C)n1. The molecule has 2 heterocycles. The maximum atomic E-state index is 4.46. The Balaban J connectivity index is 2.12. The Kier molecular flexibility index (Phi) is 4.07. The second kappa shape index (κ2) is 5.77. The van der Waals surface area contributed by atoms with E-state index in [0.29, 0.717) is 18.4 Å². The van der Waals surface area contributed by atoms with Gasteiger partial charge in [0.05, 0.1) is 23.6 Å². The summed E-state index contributed by atoms with van der Waals surface area (Å²) in [5.41, 5.74) is 3.53. The van der Waals surface area contributed by atoms with Gasteiger partial charge in [0.2, 0.25) is 11.9 Å². The molecule has 0 radical (unpaired) electrons. The molecule has 0 aromatic carbocycles. The van der Waals surface area contributed by atoms with Crippen molar-refractivity contribution in [2.75, 3.05) is 24.3 Å². The second-order valence-electron chi connectivity index (χ2n) is 4.85. The fourth-order valence-corrected chi connectivity index (χ4v) is 1.61. The number of hydrogen-bond donors (Lipinski definition) is 1. The Hall–Kier alpha value is -2.31. The second-order valence-corrected chi connectivity index (χ2v) is 4.85. The maximum absolute atomic E-state index is 4.46. The number of aryl methyl sites for hydroxylation is 3. The zero-order valence-electron chi connectivity index (χ0n) is 12.5. The van der Waals surface area contributed by atoms with Crippen LogP contribution in [0.1, 0.15) is 22.8 Å². The first-order valence-electron chi connectivity index (χ1n) is 6.39. The van der Waals surface area contributed by atoms with E-state index < -0.39 is 0 Å². The highest BCUT2D eigenvalue weighted by Gasteiger charge is 2.06. The summed E-state index contributed by atoms with van der Waals surface area (Å²) in [5.74, 6) is 1.21. The Morgan fingerprint density at radius 3 is 2.40 bits per heavy atom. The third kappa shape index (κ3) is 3.37. The summed E-state index contributed by atoms with van der Waals surface area (Å²) in [6.07, 6.45) is 0. The molecule has 0 spiro atoms. The Morgan fingerprint density at radius 2 is 1.75 bits per heavy atom. The summed E-state index contributed by atoms with van der Waals surface area (Å²) in [4.78, 5) is 15.0. The van der Waals surface area contributed by atoms with Gasteiger partial charge in [-0.3, -0.25) is 0 Å². The summed E-state index contributed by atoms with van der Waals surface area (Å²) in [6, 6.07) is 1.94. The van der Waals surface area contributed by atoms with Crippen LogP contribution in [0, 0.1) is 20.8 Å². The van der Waals surface area contributed by atoms with Crippen LogP contribution < -0.4 is 10.2 Å². The normalized spacial score (nSPS) is 10.4. The molecule has 7 heteroatoms. The van der Waals surface area contributed by atoms with Crippen molar-refractivity contribution in [1.82, 2.24) is 25.1 Å². The fraction of sp³-hybridized carbons (Fsp3) is 0.462. The van der Waals surface area contributed by atoms with Crippen molar-refractivity contribution in [2.45, 2.75) is 27.3 Å². The van der Waals surface area contributed by atoms with E-state index in [1.165, 1.54) is 0 Å². The highest BCUT2D eigenvalue weighted by Crippen LogP contribution is 2.09. The highest BCUT2D eigenvalue weighted by molar-refractivity contribution is 5.32. The lowest BCUT2D eigenvalue weighted by atomic mass is 10.3. The topological polar surface area (TPSA) is 79.7 Å². The molecular formula is C13H19N7. The Labute approximate surface area is 118 Å². The number of hydrogen-bond acceptors (Lipinski definition) is 7.